The fraction of sp³-hybridized carbons (Fsp3) is 0.238. The van der Waals surface area contributed by atoms with Crippen LogP contribution in [0.15, 0.2) is 60.7 Å². The second-order valence-corrected chi connectivity index (χ2v) is 8.08. The minimum absolute atomic E-state index is 0.0223. The molecule has 2 unspecified atom stereocenters. The highest BCUT2D eigenvalue weighted by atomic mass is 32.1. The van der Waals surface area contributed by atoms with Crippen molar-refractivity contribution in [1.82, 2.24) is 25.5 Å². The zero-order valence-electron chi connectivity index (χ0n) is 16.6. The lowest BCUT2D eigenvalue weighted by atomic mass is 10.0. The van der Waals surface area contributed by atoms with Crippen LogP contribution >= 0.6 is 11.3 Å². The molecule has 0 bridgehead atoms. The van der Waals surface area contributed by atoms with Crippen LogP contribution < -0.4 is 0 Å². The first-order chi connectivity index (χ1) is 15.4. The number of hydrogen-bond donors (Lipinski definition) is 2. The summed E-state index contributed by atoms with van der Waals surface area (Å²) in [6, 6.07) is 10.3. The molecule has 11 heteroatoms. The predicted molar refractivity (Wildman–Crippen MR) is 114 cm³/mol. The number of nitrogens with one attached hydrogen (secondary N) is 1. The molecule has 8 nitrogen and oxygen atoms in total. The summed E-state index contributed by atoms with van der Waals surface area (Å²) in [5.41, 5.74) is -0.285. The monoisotopic (exact) mass is 459 g/mol. The van der Waals surface area contributed by atoms with Crippen LogP contribution in [0.25, 0.3) is 16.8 Å². The van der Waals surface area contributed by atoms with Gasteiger partial charge >= 0.3 is 12.0 Å². The molecule has 0 aliphatic carbocycles. The average molecular weight is 459 g/mol. The number of aromatic amines is 1. The Morgan fingerprint density at radius 2 is 2.12 bits per heavy atom. The Labute approximate surface area is 185 Å². The van der Waals surface area contributed by atoms with Gasteiger partial charge in [-0.05, 0) is 28.6 Å². The zero-order chi connectivity index (χ0) is 22.6. The summed E-state index contributed by atoms with van der Waals surface area (Å²) in [5, 5.41) is 23.7. The number of nitrogens with zero attached hydrogens (tertiary/aromatic N) is 4. The van der Waals surface area contributed by atoms with Gasteiger partial charge in [0.1, 0.15) is 12.7 Å². The molecule has 3 aromatic rings. The van der Waals surface area contributed by atoms with Crippen LogP contribution in [0.2, 0.25) is 0 Å². The van der Waals surface area contributed by atoms with Crippen molar-refractivity contribution >= 4 is 23.5 Å². The van der Waals surface area contributed by atoms with Crippen LogP contribution in [0.5, 0.6) is 0 Å². The number of aliphatic hydroxyl groups excluding tert-OH is 1. The van der Waals surface area contributed by atoms with E-state index in [1.807, 2.05) is 18.2 Å². The molecule has 2 atom stereocenters. The average Bonchev–Trinajstić information content (AvgIpc) is 3.55. The molecule has 0 saturated carbocycles. The fourth-order valence-electron chi connectivity index (χ4n) is 3.14. The SMILES string of the molecule is O=C1OCC(C=CC(O)C(F)(F)c2ccccc2)N1CC=Cc1ccc(-c2nnn[nH]2)s1. The first kappa shape index (κ1) is 21.8. The molecule has 2 aromatic heterocycles. The highest BCUT2D eigenvalue weighted by Gasteiger charge is 2.39. The molecule has 1 aromatic carbocycles. The van der Waals surface area contributed by atoms with Crippen molar-refractivity contribution in [2.45, 2.75) is 18.1 Å². The highest BCUT2D eigenvalue weighted by molar-refractivity contribution is 7.16. The van der Waals surface area contributed by atoms with Gasteiger partial charge in [0.25, 0.3) is 0 Å². The Balaban J connectivity index is 1.38. The number of ether oxygens (including phenoxy) is 1. The minimum atomic E-state index is -3.46. The molecule has 3 heterocycles. The van der Waals surface area contributed by atoms with Crippen molar-refractivity contribution < 1.29 is 23.4 Å². The van der Waals surface area contributed by atoms with Crippen LogP contribution in [0, 0.1) is 0 Å². The van der Waals surface area contributed by atoms with Crippen molar-refractivity contribution in [2.24, 2.45) is 0 Å². The zero-order valence-corrected chi connectivity index (χ0v) is 17.5. The summed E-state index contributed by atoms with van der Waals surface area (Å²) in [7, 11) is 0. The molecular weight excluding hydrogens is 440 g/mol. The van der Waals surface area contributed by atoms with Crippen LogP contribution in [0.3, 0.4) is 0 Å². The van der Waals surface area contributed by atoms with Crippen LogP contribution in [-0.2, 0) is 10.7 Å². The van der Waals surface area contributed by atoms with Gasteiger partial charge in [0.15, 0.2) is 5.82 Å². The van der Waals surface area contributed by atoms with E-state index in [-0.39, 0.29) is 18.7 Å². The van der Waals surface area contributed by atoms with Gasteiger partial charge in [0, 0.05) is 17.0 Å². The third-order valence-corrected chi connectivity index (χ3v) is 5.91. The maximum Gasteiger partial charge on any atom is 0.410 e. The third-order valence-electron chi connectivity index (χ3n) is 4.85. The van der Waals surface area contributed by atoms with Gasteiger partial charge in [0.05, 0.1) is 10.9 Å². The van der Waals surface area contributed by atoms with Gasteiger partial charge in [-0.1, -0.05) is 48.6 Å². The van der Waals surface area contributed by atoms with Crippen LogP contribution in [0.4, 0.5) is 13.6 Å². The number of amides is 1. The number of tetrazole rings is 1. The maximum atomic E-state index is 14.5. The number of aromatic nitrogens is 4. The summed E-state index contributed by atoms with van der Waals surface area (Å²) in [6.07, 6.45) is 3.41. The lowest BCUT2D eigenvalue weighted by molar-refractivity contribution is -0.0929. The molecule has 1 saturated heterocycles. The van der Waals surface area contributed by atoms with E-state index in [0.717, 1.165) is 15.8 Å². The lowest BCUT2D eigenvalue weighted by Gasteiger charge is -2.21. The molecule has 1 amide bonds. The number of hydrogen-bond acceptors (Lipinski definition) is 7. The molecular formula is C21H19F2N5O3S. The first-order valence-corrected chi connectivity index (χ1v) is 10.5. The number of aliphatic hydroxyl groups is 1. The Morgan fingerprint density at radius 3 is 2.88 bits per heavy atom. The van der Waals surface area contributed by atoms with E-state index < -0.39 is 24.2 Å². The van der Waals surface area contributed by atoms with Gasteiger partial charge in [-0.15, -0.1) is 16.4 Å². The smallest absolute Gasteiger partial charge is 0.410 e. The molecule has 2 N–H and O–H groups in total. The number of thiophene rings is 1. The summed E-state index contributed by atoms with van der Waals surface area (Å²) >= 11 is 1.46. The predicted octanol–water partition coefficient (Wildman–Crippen LogP) is 3.47. The Hall–Kier alpha value is -3.44. The second kappa shape index (κ2) is 9.37. The molecule has 1 aliphatic rings. The van der Waals surface area contributed by atoms with E-state index in [0.29, 0.717) is 5.82 Å². The van der Waals surface area contributed by atoms with Crippen molar-refractivity contribution in [1.29, 1.82) is 0 Å². The van der Waals surface area contributed by atoms with Gasteiger partial charge in [-0.2, -0.15) is 8.78 Å². The minimum Gasteiger partial charge on any atom is -0.447 e. The number of cyclic esters (lactones) is 1. The van der Waals surface area contributed by atoms with Crippen molar-refractivity contribution in [3.05, 3.63) is 71.1 Å². The maximum absolute atomic E-state index is 14.5. The van der Waals surface area contributed by atoms with Gasteiger partial charge < -0.3 is 9.84 Å². The molecule has 166 valence electrons. The molecule has 0 radical (unpaired) electrons. The van der Waals surface area contributed by atoms with E-state index in [4.69, 9.17) is 4.74 Å². The third kappa shape index (κ3) is 4.73. The Bertz CT molecular complexity index is 1100. The van der Waals surface area contributed by atoms with E-state index in [9.17, 15) is 18.7 Å². The van der Waals surface area contributed by atoms with Gasteiger partial charge in [0.2, 0.25) is 0 Å². The Morgan fingerprint density at radius 1 is 1.31 bits per heavy atom. The van der Waals surface area contributed by atoms with Gasteiger partial charge in [-0.25, -0.2) is 9.89 Å². The van der Waals surface area contributed by atoms with Crippen molar-refractivity contribution in [2.75, 3.05) is 13.2 Å². The molecule has 32 heavy (non-hydrogen) atoms. The second-order valence-electron chi connectivity index (χ2n) is 6.97. The first-order valence-electron chi connectivity index (χ1n) is 9.69. The standard InChI is InChI=1S/C21H19F2N5O3S/c22-21(23,14-5-2-1-3-6-14)18(29)11-8-15-13-31-20(30)28(15)12-4-7-16-9-10-17(32-16)19-24-26-27-25-19/h1-11,15,18,29H,12-13H2,(H,24,25,26,27). The number of H-pyrrole nitrogens is 1. The van der Waals surface area contributed by atoms with Gasteiger partial charge in [-0.3, -0.25) is 4.90 Å². The number of benzene rings is 1. The summed E-state index contributed by atoms with van der Waals surface area (Å²) < 4.78 is 34.0. The number of rotatable bonds is 8. The molecule has 0 spiro atoms. The number of carbonyl (C=O) groups is 1. The number of carbonyl (C=O) groups excluding carboxylic acids is 1. The normalized spacial score (nSPS) is 18.0. The van der Waals surface area contributed by atoms with E-state index >= 15 is 0 Å². The quantitative estimate of drug-likeness (QED) is 0.500. The topological polar surface area (TPSA) is 104 Å². The fourth-order valence-corrected chi connectivity index (χ4v) is 4.01. The van der Waals surface area contributed by atoms with E-state index in [2.05, 4.69) is 20.6 Å². The lowest BCUT2D eigenvalue weighted by Crippen LogP contribution is -2.33. The van der Waals surface area contributed by atoms with E-state index in [1.54, 1.807) is 12.1 Å². The van der Waals surface area contributed by atoms with Crippen molar-refractivity contribution in [3.63, 3.8) is 0 Å². The summed E-state index contributed by atoms with van der Waals surface area (Å²) in [5.74, 6) is -2.89. The summed E-state index contributed by atoms with van der Waals surface area (Å²) in [4.78, 5) is 15.2. The van der Waals surface area contributed by atoms with Crippen LogP contribution in [0.1, 0.15) is 10.4 Å². The molecule has 1 aliphatic heterocycles. The van der Waals surface area contributed by atoms with Crippen molar-refractivity contribution in [3.8, 4) is 10.7 Å². The van der Waals surface area contributed by atoms with Crippen LogP contribution in [-0.4, -0.2) is 62.0 Å². The molecule has 4 rings (SSSR count). The Kier molecular flexibility index (Phi) is 6.37. The summed E-state index contributed by atoms with van der Waals surface area (Å²) in [6.45, 7) is 0.241. The number of alkyl halides is 2. The largest absolute Gasteiger partial charge is 0.447 e. The van der Waals surface area contributed by atoms with E-state index in [1.165, 1.54) is 46.6 Å². The highest BCUT2D eigenvalue weighted by Crippen LogP contribution is 2.32. The number of halogens is 2. The molecule has 1 fully saturated rings.